The van der Waals surface area contributed by atoms with Gasteiger partial charge in [-0.25, -0.2) is 0 Å². The molecule has 17 heavy (non-hydrogen) atoms. The lowest BCUT2D eigenvalue weighted by molar-refractivity contribution is 0.217. The molecule has 0 bridgehead atoms. The first-order chi connectivity index (χ1) is 8.00. The van der Waals surface area contributed by atoms with Crippen LogP contribution in [0.4, 0.5) is 0 Å². The van der Waals surface area contributed by atoms with Crippen molar-refractivity contribution in [3.8, 4) is 0 Å². The van der Waals surface area contributed by atoms with Crippen molar-refractivity contribution >= 4 is 5.90 Å². The molecule has 2 heteroatoms. The molecule has 0 spiro atoms. The molecule has 1 atom stereocenters. The molecular formula is C15H23NO. The van der Waals surface area contributed by atoms with E-state index < -0.39 is 0 Å². The number of hydrogen-bond donors (Lipinski definition) is 0. The van der Waals surface area contributed by atoms with E-state index >= 15 is 0 Å². The van der Waals surface area contributed by atoms with Crippen LogP contribution in [0.1, 0.15) is 46.1 Å². The van der Waals surface area contributed by atoms with Crippen LogP contribution < -0.4 is 0 Å². The van der Waals surface area contributed by atoms with Crippen molar-refractivity contribution in [2.45, 2.75) is 52.7 Å². The molecule has 0 N–H and O–H groups in total. The Morgan fingerprint density at radius 1 is 1.00 bits per heavy atom. The van der Waals surface area contributed by atoms with Gasteiger partial charge < -0.3 is 4.74 Å². The van der Waals surface area contributed by atoms with E-state index in [2.05, 4.69) is 37.9 Å². The van der Waals surface area contributed by atoms with Gasteiger partial charge in [0.05, 0.1) is 12.0 Å². The first-order valence-electron chi connectivity index (χ1n) is 6.30. The van der Waals surface area contributed by atoms with Gasteiger partial charge >= 0.3 is 0 Å². The summed E-state index contributed by atoms with van der Waals surface area (Å²) in [5.41, 5.74) is 1.24. The summed E-state index contributed by atoms with van der Waals surface area (Å²) >= 11 is 0. The van der Waals surface area contributed by atoms with Gasteiger partial charge in [0, 0.05) is 6.04 Å². The van der Waals surface area contributed by atoms with Crippen molar-refractivity contribution in [1.29, 1.82) is 0 Å². The van der Waals surface area contributed by atoms with Gasteiger partial charge in [0.15, 0.2) is 5.90 Å². The van der Waals surface area contributed by atoms with Crippen LogP contribution in [0.15, 0.2) is 35.3 Å². The molecule has 0 saturated heterocycles. The van der Waals surface area contributed by atoms with Gasteiger partial charge in [-0.1, -0.05) is 30.3 Å². The van der Waals surface area contributed by atoms with Crippen molar-refractivity contribution in [3.05, 3.63) is 35.9 Å². The smallest absolute Gasteiger partial charge is 0.191 e. The SMILES string of the molecule is CC(C)N=C(OC(C)C)C(C)c1ccccc1. The van der Waals surface area contributed by atoms with Gasteiger partial charge in [-0.2, -0.15) is 0 Å². The third-order valence-electron chi connectivity index (χ3n) is 2.41. The number of rotatable bonds is 4. The molecule has 94 valence electrons. The normalized spacial score (nSPS) is 14.2. The van der Waals surface area contributed by atoms with E-state index in [1.165, 1.54) is 5.56 Å². The second-order valence-corrected chi connectivity index (χ2v) is 4.86. The number of benzene rings is 1. The first kappa shape index (κ1) is 13.8. The maximum absolute atomic E-state index is 5.83. The van der Waals surface area contributed by atoms with Crippen molar-refractivity contribution in [3.63, 3.8) is 0 Å². The summed E-state index contributed by atoms with van der Waals surface area (Å²) in [7, 11) is 0. The van der Waals surface area contributed by atoms with E-state index in [0.717, 1.165) is 5.90 Å². The number of ether oxygens (including phenoxy) is 1. The molecule has 0 heterocycles. The zero-order valence-corrected chi connectivity index (χ0v) is 11.5. The summed E-state index contributed by atoms with van der Waals surface area (Å²) in [5, 5.41) is 0. The topological polar surface area (TPSA) is 21.6 Å². The highest BCUT2D eigenvalue weighted by molar-refractivity contribution is 5.83. The Morgan fingerprint density at radius 3 is 2.06 bits per heavy atom. The fourth-order valence-corrected chi connectivity index (χ4v) is 1.62. The van der Waals surface area contributed by atoms with Crippen LogP contribution in [0.25, 0.3) is 0 Å². The highest BCUT2D eigenvalue weighted by Crippen LogP contribution is 2.19. The largest absolute Gasteiger partial charge is 0.478 e. The monoisotopic (exact) mass is 233 g/mol. The molecule has 1 unspecified atom stereocenters. The Labute approximate surface area is 105 Å². The molecule has 0 aliphatic carbocycles. The summed E-state index contributed by atoms with van der Waals surface area (Å²) in [6, 6.07) is 10.6. The molecule has 1 aromatic carbocycles. The standard InChI is InChI=1S/C15H23NO/c1-11(2)16-15(17-12(3)4)13(5)14-9-7-6-8-10-14/h6-13H,1-5H3. The molecular weight excluding hydrogens is 210 g/mol. The molecule has 0 aliphatic rings. The lowest BCUT2D eigenvalue weighted by atomic mass is 10.0. The van der Waals surface area contributed by atoms with E-state index in [1.54, 1.807) is 0 Å². The van der Waals surface area contributed by atoms with Crippen LogP contribution in [-0.4, -0.2) is 18.0 Å². The quantitative estimate of drug-likeness (QED) is 0.568. The van der Waals surface area contributed by atoms with Crippen LogP contribution in [0, 0.1) is 0 Å². The lowest BCUT2D eigenvalue weighted by Crippen LogP contribution is -2.19. The van der Waals surface area contributed by atoms with Crippen LogP contribution in [0.5, 0.6) is 0 Å². The predicted octanol–water partition coefficient (Wildman–Crippen LogP) is 4.02. The molecule has 0 saturated carbocycles. The minimum absolute atomic E-state index is 0.165. The highest BCUT2D eigenvalue weighted by Gasteiger charge is 2.16. The third kappa shape index (κ3) is 4.59. The Bertz CT molecular complexity index is 354. The minimum Gasteiger partial charge on any atom is -0.478 e. The molecule has 0 amide bonds. The average molecular weight is 233 g/mol. The fraction of sp³-hybridized carbons (Fsp3) is 0.533. The van der Waals surface area contributed by atoms with Gasteiger partial charge in [-0.3, -0.25) is 4.99 Å². The average Bonchev–Trinajstić information content (AvgIpc) is 2.27. The molecule has 0 radical (unpaired) electrons. The number of hydrogen-bond acceptors (Lipinski definition) is 2. The molecule has 0 fully saturated rings. The predicted molar refractivity (Wildman–Crippen MR) is 73.6 cm³/mol. The number of nitrogens with zero attached hydrogens (tertiary/aromatic N) is 1. The Kier molecular flexibility index (Phi) is 5.20. The summed E-state index contributed by atoms with van der Waals surface area (Å²) in [6.45, 7) is 10.4. The lowest BCUT2D eigenvalue weighted by Gasteiger charge is -2.19. The van der Waals surface area contributed by atoms with Crippen molar-refractivity contribution in [2.24, 2.45) is 4.99 Å². The third-order valence-corrected chi connectivity index (χ3v) is 2.41. The van der Waals surface area contributed by atoms with Crippen molar-refractivity contribution < 1.29 is 4.74 Å². The van der Waals surface area contributed by atoms with Gasteiger partial charge in [0.25, 0.3) is 0 Å². The highest BCUT2D eigenvalue weighted by atomic mass is 16.5. The minimum atomic E-state index is 0.165. The summed E-state index contributed by atoms with van der Waals surface area (Å²) in [5.74, 6) is 1.04. The molecule has 0 aromatic heterocycles. The fourth-order valence-electron chi connectivity index (χ4n) is 1.62. The van der Waals surface area contributed by atoms with Crippen LogP contribution >= 0.6 is 0 Å². The van der Waals surface area contributed by atoms with Gasteiger partial charge in [-0.15, -0.1) is 0 Å². The molecule has 2 nitrogen and oxygen atoms in total. The Balaban J connectivity index is 2.91. The number of aliphatic imine (C=N–C) groups is 1. The van der Waals surface area contributed by atoms with Crippen LogP contribution in [0.3, 0.4) is 0 Å². The van der Waals surface area contributed by atoms with Gasteiger partial charge in [-0.05, 0) is 40.2 Å². The van der Waals surface area contributed by atoms with Crippen LogP contribution in [0.2, 0.25) is 0 Å². The second kappa shape index (κ2) is 6.43. The molecule has 1 aromatic rings. The second-order valence-electron chi connectivity index (χ2n) is 4.86. The Hall–Kier alpha value is -1.31. The Morgan fingerprint density at radius 2 is 1.59 bits per heavy atom. The maximum atomic E-state index is 5.83. The maximum Gasteiger partial charge on any atom is 0.191 e. The zero-order valence-electron chi connectivity index (χ0n) is 11.5. The van der Waals surface area contributed by atoms with E-state index in [1.807, 2.05) is 32.0 Å². The summed E-state index contributed by atoms with van der Waals surface area (Å²) in [4.78, 5) is 4.59. The van der Waals surface area contributed by atoms with E-state index in [0.29, 0.717) is 0 Å². The zero-order chi connectivity index (χ0) is 12.8. The van der Waals surface area contributed by atoms with E-state index in [-0.39, 0.29) is 18.1 Å². The summed E-state index contributed by atoms with van der Waals surface area (Å²) < 4.78 is 5.83. The first-order valence-corrected chi connectivity index (χ1v) is 6.30. The van der Waals surface area contributed by atoms with Gasteiger partial charge in [0.2, 0.25) is 0 Å². The van der Waals surface area contributed by atoms with Crippen molar-refractivity contribution in [1.82, 2.24) is 0 Å². The summed E-state index contributed by atoms with van der Waals surface area (Å²) in [6.07, 6.45) is 0.165. The van der Waals surface area contributed by atoms with Crippen LogP contribution in [-0.2, 0) is 4.74 Å². The molecule has 0 aliphatic heterocycles. The van der Waals surface area contributed by atoms with Crippen molar-refractivity contribution in [2.75, 3.05) is 0 Å². The van der Waals surface area contributed by atoms with E-state index in [4.69, 9.17) is 4.74 Å². The van der Waals surface area contributed by atoms with E-state index in [9.17, 15) is 0 Å². The van der Waals surface area contributed by atoms with Gasteiger partial charge in [0.1, 0.15) is 0 Å². The molecule has 1 rings (SSSR count).